The number of aromatic nitrogens is 2. The summed E-state index contributed by atoms with van der Waals surface area (Å²) >= 11 is 0. The fourth-order valence-electron chi connectivity index (χ4n) is 5.21. The molecule has 0 bridgehead atoms. The number of primary amides is 1. The minimum absolute atomic E-state index is 0.000687. The quantitative estimate of drug-likeness (QED) is 0.273. The fraction of sp³-hybridized carbons (Fsp3) is 0.414. The van der Waals surface area contributed by atoms with Gasteiger partial charge in [0.1, 0.15) is 19.0 Å². The van der Waals surface area contributed by atoms with Crippen molar-refractivity contribution in [2.75, 3.05) is 56.8 Å². The number of amides is 1. The third-order valence-corrected chi connectivity index (χ3v) is 7.47. The van der Waals surface area contributed by atoms with E-state index in [4.69, 9.17) is 15.2 Å². The van der Waals surface area contributed by atoms with E-state index in [-0.39, 0.29) is 25.5 Å². The summed E-state index contributed by atoms with van der Waals surface area (Å²) in [6, 6.07) is 7.47. The Labute approximate surface area is 241 Å². The van der Waals surface area contributed by atoms with E-state index in [9.17, 15) is 18.7 Å². The highest BCUT2D eigenvalue weighted by Gasteiger charge is 2.24. The topological polar surface area (TPSA) is 130 Å². The van der Waals surface area contributed by atoms with E-state index in [0.29, 0.717) is 46.1 Å². The number of halogens is 2. The predicted octanol–water partition coefficient (Wildman–Crippen LogP) is 1.40. The van der Waals surface area contributed by atoms with Crippen LogP contribution in [0.2, 0.25) is 0 Å². The summed E-state index contributed by atoms with van der Waals surface area (Å²) in [5.41, 5.74) is 5.79. The molecule has 4 N–H and O–H groups in total. The number of nitrogens with one attached hydrogen (secondary N) is 1. The molecule has 1 fully saturated rings. The molecule has 2 aliphatic heterocycles. The molecule has 0 saturated carbocycles. The van der Waals surface area contributed by atoms with E-state index < -0.39 is 17.5 Å². The number of aliphatic hydroxyl groups excluding tert-OH is 1. The number of carbonyl (C=O) groups excluding carboxylic acids is 1. The number of anilines is 2. The van der Waals surface area contributed by atoms with Gasteiger partial charge in [0, 0.05) is 30.6 Å². The first kappa shape index (κ1) is 29.3. The average molecular weight is 584 g/mol. The Morgan fingerprint density at radius 2 is 2.02 bits per heavy atom. The lowest BCUT2D eigenvalue weighted by atomic mass is 9.98. The Morgan fingerprint density at radius 1 is 1.21 bits per heavy atom. The van der Waals surface area contributed by atoms with Gasteiger partial charge in [0.05, 0.1) is 36.6 Å². The Morgan fingerprint density at radius 3 is 2.76 bits per heavy atom. The molecule has 3 aromatic rings. The molecular formula is C29H35F2N7O4. The number of nitrogens with two attached hydrogens (primary N) is 1. The van der Waals surface area contributed by atoms with Crippen LogP contribution in [0.15, 0.2) is 47.7 Å². The minimum Gasteiger partial charge on any atom is -0.493 e. The molecule has 2 aromatic carbocycles. The Kier molecular flexibility index (Phi) is 9.18. The molecule has 1 aromatic heterocycles. The third kappa shape index (κ3) is 6.63. The number of piperidine rings is 1. The summed E-state index contributed by atoms with van der Waals surface area (Å²) < 4.78 is 42.3. The lowest BCUT2D eigenvalue weighted by Gasteiger charge is -2.31. The number of likely N-dealkylation sites (tertiary alicyclic amines) is 1. The standard InChI is InChI=1S/C29H35F2N7O4/c1-41-25-12-21-23(13-26(25)42-11-3-8-36-9-6-19(17-39)7-10-36)33-18-38(24-5-2-4-22(30)28(24)31)29(21)35-20-14-34-37(15-20)16-27(32)40/h2,4-5,12-15,19,35,39H,3,6-11,16-18H2,1H3,(H2,32,40). The number of nitrogens with zero attached hydrogens (tertiary/aromatic N) is 5. The maximum Gasteiger partial charge on any atom is 0.239 e. The minimum atomic E-state index is -1.01. The van der Waals surface area contributed by atoms with Gasteiger partial charge in [0.15, 0.2) is 23.1 Å². The van der Waals surface area contributed by atoms with Crippen molar-refractivity contribution in [3.63, 3.8) is 0 Å². The van der Waals surface area contributed by atoms with Crippen LogP contribution in [0, 0.1) is 17.6 Å². The predicted molar refractivity (Wildman–Crippen MR) is 152 cm³/mol. The smallest absolute Gasteiger partial charge is 0.239 e. The van der Waals surface area contributed by atoms with Gasteiger partial charge in [0.2, 0.25) is 5.91 Å². The molecule has 5 rings (SSSR count). The van der Waals surface area contributed by atoms with Crippen LogP contribution >= 0.6 is 0 Å². The Balaban J connectivity index is 1.42. The Hall–Kier alpha value is -4.23. The molecule has 0 aliphatic carbocycles. The van der Waals surface area contributed by atoms with Gasteiger partial charge in [0.25, 0.3) is 0 Å². The van der Waals surface area contributed by atoms with Crippen LogP contribution in [-0.2, 0) is 11.3 Å². The SMILES string of the molecule is COc1cc2c(cc1OCCCN1CCC(CO)CC1)=NCN(c1cccc(F)c1F)C=2Nc1cnn(CC(N)=O)c1. The second kappa shape index (κ2) is 13.2. The van der Waals surface area contributed by atoms with Crippen LogP contribution in [0.3, 0.4) is 0 Å². The van der Waals surface area contributed by atoms with Gasteiger partial charge in [-0.1, -0.05) is 6.07 Å². The second-order valence-electron chi connectivity index (χ2n) is 10.4. The third-order valence-electron chi connectivity index (χ3n) is 7.47. The van der Waals surface area contributed by atoms with Gasteiger partial charge in [-0.05, 0) is 56.5 Å². The van der Waals surface area contributed by atoms with Crippen molar-refractivity contribution in [2.45, 2.75) is 25.8 Å². The molecular weight excluding hydrogens is 548 g/mol. The summed E-state index contributed by atoms with van der Waals surface area (Å²) in [4.78, 5) is 19.9. The number of benzene rings is 2. The van der Waals surface area contributed by atoms with Gasteiger partial charge in [-0.15, -0.1) is 0 Å². The number of hydrogen-bond acceptors (Lipinski definition) is 9. The molecule has 13 heteroatoms. The maximum atomic E-state index is 14.9. The summed E-state index contributed by atoms with van der Waals surface area (Å²) in [5.74, 6) is -0.739. The van der Waals surface area contributed by atoms with Crippen molar-refractivity contribution in [1.29, 1.82) is 0 Å². The molecule has 2 aliphatic rings. The van der Waals surface area contributed by atoms with E-state index in [1.54, 1.807) is 18.3 Å². The number of carbonyl (C=O) groups is 1. The zero-order valence-corrected chi connectivity index (χ0v) is 23.4. The van der Waals surface area contributed by atoms with Crippen LogP contribution in [0.5, 0.6) is 11.5 Å². The molecule has 11 nitrogen and oxygen atoms in total. The lowest BCUT2D eigenvalue weighted by molar-refractivity contribution is -0.118. The summed E-state index contributed by atoms with van der Waals surface area (Å²) in [7, 11) is 1.53. The number of methoxy groups -OCH3 is 1. The molecule has 0 spiro atoms. The second-order valence-corrected chi connectivity index (χ2v) is 10.4. The van der Waals surface area contributed by atoms with E-state index in [1.165, 1.54) is 35.0 Å². The zero-order chi connectivity index (χ0) is 29.6. The number of aliphatic hydroxyl groups is 1. The van der Waals surface area contributed by atoms with Crippen LogP contribution in [0.1, 0.15) is 19.3 Å². The molecule has 0 unspecified atom stereocenters. The summed E-state index contributed by atoms with van der Waals surface area (Å²) in [6.07, 6.45) is 5.93. The highest BCUT2D eigenvalue weighted by Crippen LogP contribution is 2.29. The molecule has 0 atom stereocenters. The first-order valence-corrected chi connectivity index (χ1v) is 13.9. The normalized spacial score (nSPS) is 15.7. The van der Waals surface area contributed by atoms with Crippen LogP contribution in [0.4, 0.5) is 20.2 Å². The average Bonchev–Trinajstić information content (AvgIpc) is 3.43. The molecule has 1 saturated heterocycles. The lowest BCUT2D eigenvalue weighted by Crippen LogP contribution is -2.43. The first-order chi connectivity index (χ1) is 20.4. The molecule has 3 heterocycles. The molecule has 224 valence electrons. The van der Waals surface area contributed by atoms with Crippen LogP contribution in [0.25, 0.3) is 5.82 Å². The van der Waals surface area contributed by atoms with Crippen molar-refractivity contribution in [3.05, 3.63) is 64.9 Å². The van der Waals surface area contributed by atoms with Crippen molar-refractivity contribution in [2.24, 2.45) is 16.6 Å². The molecule has 0 radical (unpaired) electrons. The van der Waals surface area contributed by atoms with E-state index in [2.05, 4.69) is 20.3 Å². The highest BCUT2D eigenvalue weighted by atomic mass is 19.2. The van der Waals surface area contributed by atoms with Gasteiger partial charge >= 0.3 is 0 Å². The number of fused-ring (bicyclic) bond motifs is 1. The molecule has 1 amide bonds. The van der Waals surface area contributed by atoms with E-state index in [0.717, 1.165) is 45.0 Å². The molecule has 42 heavy (non-hydrogen) atoms. The van der Waals surface area contributed by atoms with Gasteiger partial charge in [-0.25, -0.2) is 8.78 Å². The zero-order valence-electron chi connectivity index (χ0n) is 23.4. The number of rotatable bonds is 12. The van der Waals surface area contributed by atoms with E-state index >= 15 is 0 Å². The van der Waals surface area contributed by atoms with Gasteiger partial charge in [-0.2, -0.15) is 5.10 Å². The van der Waals surface area contributed by atoms with Gasteiger partial charge < -0.3 is 35.4 Å². The Bertz CT molecular complexity index is 1540. The van der Waals surface area contributed by atoms with Crippen molar-refractivity contribution in [1.82, 2.24) is 14.7 Å². The van der Waals surface area contributed by atoms with Crippen molar-refractivity contribution < 1.29 is 28.2 Å². The number of ether oxygens (including phenoxy) is 2. The highest BCUT2D eigenvalue weighted by molar-refractivity contribution is 5.78. The van der Waals surface area contributed by atoms with Crippen LogP contribution < -0.4 is 36.0 Å². The van der Waals surface area contributed by atoms with Crippen molar-refractivity contribution in [3.8, 4) is 11.5 Å². The first-order valence-electron chi connectivity index (χ1n) is 13.9. The van der Waals surface area contributed by atoms with E-state index in [1.807, 2.05) is 0 Å². The summed E-state index contributed by atoms with van der Waals surface area (Å²) in [5, 5.41) is 17.9. The van der Waals surface area contributed by atoms with Crippen molar-refractivity contribution >= 4 is 23.1 Å². The largest absolute Gasteiger partial charge is 0.493 e. The fourth-order valence-corrected chi connectivity index (χ4v) is 5.21. The summed E-state index contributed by atoms with van der Waals surface area (Å²) in [6.45, 7) is 3.46. The number of hydrogen-bond donors (Lipinski definition) is 3. The van der Waals surface area contributed by atoms with Crippen LogP contribution in [-0.4, -0.2) is 72.3 Å². The van der Waals surface area contributed by atoms with Gasteiger partial charge in [-0.3, -0.25) is 14.5 Å². The monoisotopic (exact) mass is 583 g/mol. The maximum absolute atomic E-state index is 14.9.